The van der Waals surface area contributed by atoms with Crippen LogP contribution in [-0.4, -0.2) is 61.1 Å². The molecule has 172 valence electrons. The van der Waals surface area contributed by atoms with Crippen molar-refractivity contribution >= 4 is 11.9 Å². The van der Waals surface area contributed by atoms with E-state index in [0.29, 0.717) is 45.8 Å². The van der Waals surface area contributed by atoms with Crippen molar-refractivity contribution in [2.75, 3.05) is 39.4 Å². The molecule has 1 heterocycles. The molecule has 1 saturated heterocycles. The summed E-state index contributed by atoms with van der Waals surface area (Å²) >= 11 is 0. The van der Waals surface area contributed by atoms with E-state index in [2.05, 4.69) is 5.32 Å². The molecule has 1 aliphatic rings. The molecule has 3 rings (SSSR count). The summed E-state index contributed by atoms with van der Waals surface area (Å²) < 4.78 is 11.2. The Bertz CT molecular complexity index is 931. The number of nitrogens with zero attached hydrogens (tertiary/aromatic N) is 2. The van der Waals surface area contributed by atoms with E-state index >= 15 is 0 Å². The number of rotatable bonds is 11. The van der Waals surface area contributed by atoms with Gasteiger partial charge in [-0.15, -0.1) is 0 Å². The summed E-state index contributed by atoms with van der Waals surface area (Å²) in [7, 11) is 0. The lowest BCUT2D eigenvalue weighted by Crippen LogP contribution is -2.40. The Hall–Kier alpha value is -3.22. The third-order valence-electron chi connectivity index (χ3n) is 5.48. The molecular weight excluding hydrogens is 406 g/mol. The number of hydrogen-bond donors (Lipinski definition) is 1. The van der Waals surface area contributed by atoms with E-state index in [1.165, 1.54) is 5.56 Å². The van der Waals surface area contributed by atoms with E-state index < -0.39 is 0 Å². The average Bonchev–Trinajstić information content (AvgIpc) is 3.11. The molecule has 0 saturated carbocycles. The summed E-state index contributed by atoms with van der Waals surface area (Å²) in [4.78, 5) is 28.5. The Balaban J connectivity index is 1.45. The third kappa shape index (κ3) is 6.15. The van der Waals surface area contributed by atoms with Gasteiger partial charge < -0.3 is 24.6 Å². The maximum Gasteiger partial charge on any atom is 0.320 e. The monoisotopic (exact) mass is 439 g/mol. The van der Waals surface area contributed by atoms with Crippen LogP contribution in [0.15, 0.2) is 42.5 Å². The van der Waals surface area contributed by atoms with Crippen LogP contribution in [0.2, 0.25) is 0 Å². The first-order valence-electron chi connectivity index (χ1n) is 11.2. The fourth-order valence-electron chi connectivity index (χ4n) is 3.75. The zero-order chi connectivity index (χ0) is 22.9. The molecule has 0 spiro atoms. The van der Waals surface area contributed by atoms with Gasteiger partial charge in [0.25, 0.3) is 0 Å². The lowest BCUT2D eigenvalue weighted by Gasteiger charge is -2.19. The van der Waals surface area contributed by atoms with Crippen molar-refractivity contribution < 1.29 is 19.1 Å². The average molecular weight is 440 g/mol. The Kier molecular flexibility index (Phi) is 8.36. The molecule has 0 radical (unpaired) electrons. The predicted octanol–water partition coefficient (Wildman–Crippen LogP) is 3.39. The van der Waals surface area contributed by atoms with E-state index in [0.717, 1.165) is 22.6 Å². The number of urea groups is 1. The maximum atomic E-state index is 12.7. The Morgan fingerprint density at radius 3 is 2.47 bits per heavy atom. The number of aryl methyl sites for hydroxylation is 1. The van der Waals surface area contributed by atoms with Crippen LogP contribution in [0.1, 0.15) is 30.5 Å². The van der Waals surface area contributed by atoms with Gasteiger partial charge in [-0.2, -0.15) is 0 Å². The van der Waals surface area contributed by atoms with Crippen LogP contribution >= 0.6 is 0 Å². The predicted molar refractivity (Wildman–Crippen MR) is 124 cm³/mol. The fourth-order valence-corrected chi connectivity index (χ4v) is 3.75. The lowest BCUT2D eigenvalue weighted by molar-refractivity contribution is -0.121. The molecule has 7 heteroatoms. The zero-order valence-corrected chi connectivity index (χ0v) is 19.2. The second-order valence-electron chi connectivity index (χ2n) is 7.80. The van der Waals surface area contributed by atoms with Gasteiger partial charge in [0.05, 0.1) is 13.2 Å². The summed E-state index contributed by atoms with van der Waals surface area (Å²) in [6, 6.07) is 13.8. The molecule has 32 heavy (non-hydrogen) atoms. The van der Waals surface area contributed by atoms with Crippen LogP contribution < -0.4 is 14.8 Å². The molecule has 1 N–H and O–H groups in total. The molecule has 0 aromatic heterocycles. The molecule has 3 amide bonds. The highest BCUT2D eigenvalue weighted by Gasteiger charge is 2.29. The van der Waals surface area contributed by atoms with E-state index in [4.69, 9.17) is 9.47 Å². The minimum absolute atomic E-state index is 0.0799. The first-order chi connectivity index (χ1) is 15.5. The normalized spacial score (nSPS) is 13.4. The standard InChI is InChI=1S/C25H33N3O4/c1-4-31-22-11-10-20(16-23(22)32-5-2)12-13-26-24(29)18-28-15-14-27(25(28)30)17-21-9-7-6-8-19(21)3/h6-11,16H,4-5,12-15,17-18H2,1-3H3,(H,26,29). The highest BCUT2D eigenvalue weighted by Crippen LogP contribution is 2.28. The van der Waals surface area contributed by atoms with Gasteiger partial charge in [-0.1, -0.05) is 30.3 Å². The molecule has 0 bridgehead atoms. The molecule has 2 aromatic carbocycles. The molecule has 0 atom stereocenters. The summed E-state index contributed by atoms with van der Waals surface area (Å²) in [5.74, 6) is 1.30. The highest BCUT2D eigenvalue weighted by molar-refractivity contribution is 5.85. The molecule has 7 nitrogen and oxygen atoms in total. The number of amides is 3. The highest BCUT2D eigenvalue weighted by atomic mass is 16.5. The van der Waals surface area contributed by atoms with Crippen LogP contribution in [0.3, 0.4) is 0 Å². The first-order valence-corrected chi connectivity index (χ1v) is 11.2. The zero-order valence-electron chi connectivity index (χ0n) is 19.2. The maximum absolute atomic E-state index is 12.7. The van der Waals surface area contributed by atoms with Gasteiger partial charge in [0, 0.05) is 26.2 Å². The molecule has 1 aliphatic heterocycles. The Labute approximate surface area is 190 Å². The number of ether oxygens (including phenoxy) is 2. The third-order valence-corrected chi connectivity index (χ3v) is 5.48. The van der Waals surface area contributed by atoms with Crippen molar-refractivity contribution in [1.82, 2.24) is 15.1 Å². The first kappa shape index (κ1) is 23.4. The van der Waals surface area contributed by atoms with Crippen LogP contribution in [0, 0.1) is 6.92 Å². The summed E-state index contributed by atoms with van der Waals surface area (Å²) in [6.07, 6.45) is 0.672. The Morgan fingerprint density at radius 2 is 1.72 bits per heavy atom. The lowest BCUT2D eigenvalue weighted by atomic mass is 10.1. The summed E-state index contributed by atoms with van der Waals surface area (Å²) in [5, 5.41) is 2.92. The second kappa shape index (κ2) is 11.4. The SMILES string of the molecule is CCOc1ccc(CCNC(=O)CN2CCN(Cc3ccccc3C)C2=O)cc1OCC. The van der Waals surface area contributed by atoms with Gasteiger partial charge in [-0.3, -0.25) is 4.79 Å². The Morgan fingerprint density at radius 1 is 1.00 bits per heavy atom. The minimum atomic E-state index is -0.146. The van der Waals surface area contributed by atoms with Gasteiger partial charge in [0.2, 0.25) is 5.91 Å². The summed E-state index contributed by atoms with van der Waals surface area (Å²) in [5.41, 5.74) is 3.35. The molecule has 0 aliphatic carbocycles. The van der Waals surface area contributed by atoms with Gasteiger partial charge in [0.1, 0.15) is 6.54 Å². The number of carbonyl (C=O) groups excluding carboxylic acids is 2. The van der Waals surface area contributed by atoms with E-state index in [1.807, 2.05) is 63.2 Å². The van der Waals surface area contributed by atoms with Crippen molar-refractivity contribution in [3.05, 3.63) is 59.2 Å². The van der Waals surface area contributed by atoms with E-state index in [9.17, 15) is 9.59 Å². The van der Waals surface area contributed by atoms with Crippen molar-refractivity contribution in [3.8, 4) is 11.5 Å². The van der Waals surface area contributed by atoms with E-state index in [-0.39, 0.29) is 18.5 Å². The van der Waals surface area contributed by atoms with Crippen molar-refractivity contribution in [2.45, 2.75) is 33.7 Å². The molecule has 1 fully saturated rings. The van der Waals surface area contributed by atoms with Crippen LogP contribution in [0.5, 0.6) is 11.5 Å². The number of nitrogens with one attached hydrogen (secondary N) is 1. The molecular formula is C25H33N3O4. The quantitative estimate of drug-likeness (QED) is 0.583. The van der Waals surface area contributed by atoms with Gasteiger partial charge >= 0.3 is 6.03 Å². The second-order valence-corrected chi connectivity index (χ2v) is 7.80. The van der Waals surface area contributed by atoms with Crippen LogP contribution in [-0.2, 0) is 17.8 Å². The van der Waals surface area contributed by atoms with Crippen LogP contribution in [0.4, 0.5) is 4.79 Å². The fraction of sp³-hybridized carbons (Fsp3) is 0.440. The largest absolute Gasteiger partial charge is 0.490 e. The minimum Gasteiger partial charge on any atom is -0.490 e. The molecule has 2 aromatic rings. The number of benzene rings is 2. The number of carbonyl (C=O) groups is 2. The molecule has 0 unspecified atom stereocenters. The van der Waals surface area contributed by atoms with Gasteiger partial charge in [0.15, 0.2) is 11.5 Å². The summed E-state index contributed by atoms with van der Waals surface area (Å²) in [6.45, 7) is 9.40. The van der Waals surface area contributed by atoms with Crippen molar-refractivity contribution in [1.29, 1.82) is 0 Å². The van der Waals surface area contributed by atoms with Crippen molar-refractivity contribution in [3.63, 3.8) is 0 Å². The van der Waals surface area contributed by atoms with Gasteiger partial charge in [-0.05, 0) is 56.0 Å². The van der Waals surface area contributed by atoms with E-state index in [1.54, 1.807) is 9.80 Å². The van der Waals surface area contributed by atoms with Crippen LogP contribution in [0.25, 0.3) is 0 Å². The van der Waals surface area contributed by atoms with Gasteiger partial charge in [-0.25, -0.2) is 4.79 Å². The smallest absolute Gasteiger partial charge is 0.320 e. The number of hydrogen-bond acceptors (Lipinski definition) is 4. The van der Waals surface area contributed by atoms with Crippen molar-refractivity contribution in [2.24, 2.45) is 0 Å². The topological polar surface area (TPSA) is 71.1 Å².